The molecular weight excluding hydrogens is 586 g/mol. The lowest BCUT2D eigenvalue weighted by Gasteiger charge is -2.19. The Morgan fingerprint density at radius 3 is 2.28 bits per heavy atom. The van der Waals surface area contributed by atoms with Crippen molar-refractivity contribution in [1.82, 2.24) is 4.98 Å². The van der Waals surface area contributed by atoms with Gasteiger partial charge < -0.3 is 24.7 Å². The molecule has 5 rings (SSSR count). The number of rotatable bonds is 8. The fraction of sp³-hybridized carbons (Fsp3) is 0.314. The number of esters is 2. The summed E-state index contributed by atoms with van der Waals surface area (Å²) in [5, 5.41) is 22.8. The van der Waals surface area contributed by atoms with Crippen LogP contribution in [0.4, 0.5) is 0 Å². The number of allylic oxidation sites excluding steroid dienone is 5. The van der Waals surface area contributed by atoms with Crippen LogP contribution >= 0.6 is 0 Å². The van der Waals surface area contributed by atoms with Crippen molar-refractivity contribution in [3.8, 4) is 0 Å². The minimum Gasteiger partial charge on any atom is -0.516 e. The number of fused-ring (bicyclic) bond motifs is 5. The Kier molecular flexibility index (Phi) is 8.89. The fourth-order valence-electron chi connectivity index (χ4n) is 5.89. The molecule has 0 aliphatic carbocycles. The average molecular weight is 624 g/mol. The van der Waals surface area contributed by atoms with Crippen molar-refractivity contribution in [2.45, 2.75) is 59.0 Å². The van der Waals surface area contributed by atoms with Gasteiger partial charge in [-0.3, -0.25) is 9.59 Å². The van der Waals surface area contributed by atoms with Crippen LogP contribution in [0.1, 0.15) is 51.2 Å². The van der Waals surface area contributed by atoms with Gasteiger partial charge in [0, 0.05) is 34.7 Å². The predicted octanol–water partition coefficient (Wildman–Crippen LogP) is 3.46. The molecule has 0 amide bonds. The van der Waals surface area contributed by atoms with E-state index in [1.807, 2.05) is 32.9 Å². The number of hydrogen-bond acceptors (Lipinski definition) is 10. The Morgan fingerprint density at radius 2 is 1.63 bits per heavy atom. The number of methoxy groups -OCH3 is 2. The van der Waals surface area contributed by atoms with E-state index in [4.69, 9.17) is 29.4 Å². The zero-order valence-corrected chi connectivity index (χ0v) is 26.8. The van der Waals surface area contributed by atoms with Gasteiger partial charge in [0.1, 0.15) is 5.60 Å². The third-order valence-electron chi connectivity index (χ3n) is 8.66. The Bertz CT molecular complexity index is 1970. The van der Waals surface area contributed by atoms with Gasteiger partial charge in [0.05, 0.1) is 43.3 Å². The first-order valence-electron chi connectivity index (χ1n) is 14.9. The molecule has 5 heterocycles. The average Bonchev–Trinajstić information content (AvgIpc) is 3.67. The highest BCUT2D eigenvalue weighted by Crippen LogP contribution is 2.34. The second-order valence-electron chi connectivity index (χ2n) is 11.4. The molecule has 0 radical (unpaired) electrons. The summed E-state index contributed by atoms with van der Waals surface area (Å²) in [6.45, 7) is 11.3. The molecule has 11 nitrogen and oxygen atoms in total. The number of carbonyl (C=O) groups is 2. The molecule has 3 N–H and O–H groups in total. The van der Waals surface area contributed by atoms with Crippen LogP contribution in [0.15, 0.2) is 90.3 Å². The minimum atomic E-state index is -1.65. The van der Waals surface area contributed by atoms with Crippen LogP contribution in [0.25, 0.3) is 12.2 Å². The molecule has 1 aromatic heterocycles. The van der Waals surface area contributed by atoms with Crippen molar-refractivity contribution in [2.75, 3.05) is 14.2 Å². The van der Waals surface area contributed by atoms with E-state index in [1.54, 1.807) is 19.1 Å². The van der Waals surface area contributed by atoms with Crippen molar-refractivity contribution >= 4 is 47.2 Å². The van der Waals surface area contributed by atoms with Gasteiger partial charge >= 0.3 is 11.9 Å². The van der Waals surface area contributed by atoms with Crippen LogP contribution in [0.5, 0.6) is 0 Å². The topological polar surface area (TPSA) is 158 Å². The van der Waals surface area contributed by atoms with Crippen molar-refractivity contribution in [3.05, 3.63) is 92.2 Å². The van der Waals surface area contributed by atoms with E-state index in [0.29, 0.717) is 58.0 Å². The second kappa shape index (κ2) is 12.7. The number of aliphatic hydroxyl groups excluding tert-OH is 1. The summed E-state index contributed by atoms with van der Waals surface area (Å²) in [5.41, 5.74) is 6.06. The molecule has 238 valence electrons. The van der Waals surface area contributed by atoms with Crippen LogP contribution < -0.4 is 10.7 Å². The molecule has 0 aromatic carbocycles. The monoisotopic (exact) mass is 623 g/mol. The van der Waals surface area contributed by atoms with Gasteiger partial charge in [-0.15, -0.1) is 0 Å². The zero-order valence-electron chi connectivity index (χ0n) is 26.8. The largest absolute Gasteiger partial charge is 0.516 e. The molecule has 0 saturated carbocycles. The van der Waals surface area contributed by atoms with Crippen molar-refractivity contribution < 1.29 is 29.3 Å². The molecule has 8 bridgehead atoms. The molecule has 0 unspecified atom stereocenters. The number of aromatic nitrogens is 1. The van der Waals surface area contributed by atoms with Gasteiger partial charge in [-0.05, 0) is 92.7 Å². The van der Waals surface area contributed by atoms with E-state index in [-0.39, 0.29) is 30.6 Å². The third kappa shape index (κ3) is 5.81. The molecule has 4 aliphatic rings. The van der Waals surface area contributed by atoms with Gasteiger partial charge in [0.25, 0.3) is 0 Å². The summed E-state index contributed by atoms with van der Waals surface area (Å²) in [6, 6.07) is 0. The van der Waals surface area contributed by atoms with Crippen molar-refractivity contribution in [2.24, 2.45) is 20.0 Å². The van der Waals surface area contributed by atoms with E-state index < -0.39 is 5.60 Å². The molecule has 11 heteroatoms. The second-order valence-corrected chi connectivity index (χ2v) is 11.4. The maximum Gasteiger partial charge on any atom is 0.305 e. The smallest absolute Gasteiger partial charge is 0.305 e. The van der Waals surface area contributed by atoms with Gasteiger partial charge in [-0.1, -0.05) is 12.7 Å². The lowest BCUT2D eigenvalue weighted by Crippen LogP contribution is -2.33. The zero-order chi connectivity index (χ0) is 33.3. The van der Waals surface area contributed by atoms with Gasteiger partial charge in [-0.2, -0.15) is 0 Å². The quantitative estimate of drug-likeness (QED) is 0.297. The lowest BCUT2D eigenvalue weighted by molar-refractivity contribution is -0.141. The maximum absolute atomic E-state index is 12.2. The molecular formula is C35H37N5O6. The van der Waals surface area contributed by atoms with E-state index in [0.717, 1.165) is 39.5 Å². The van der Waals surface area contributed by atoms with Crippen LogP contribution in [-0.4, -0.2) is 70.1 Å². The summed E-state index contributed by atoms with van der Waals surface area (Å²) in [4.78, 5) is 47.0. The van der Waals surface area contributed by atoms with Gasteiger partial charge in [-0.25, -0.2) is 20.0 Å². The van der Waals surface area contributed by atoms with E-state index in [9.17, 15) is 19.8 Å². The predicted molar refractivity (Wildman–Crippen MR) is 178 cm³/mol. The number of aliphatic imine (C=N–C) groups is 4. The number of H-pyrrole nitrogens is 1. The molecule has 0 saturated heterocycles. The normalized spacial score (nSPS) is 20.6. The van der Waals surface area contributed by atoms with E-state index in [1.165, 1.54) is 20.3 Å². The Morgan fingerprint density at radius 1 is 0.935 bits per heavy atom. The molecule has 46 heavy (non-hydrogen) atoms. The van der Waals surface area contributed by atoms with E-state index in [2.05, 4.69) is 11.6 Å². The van der Waals surface area contributed by atoms with Gasteiger partial charge in [0.15, 0.2) is 11.7 Å². The highest BCUT2D eigenvalue weighted by Gasteiger charge is 2.39. The van der Waals surface area contributed by atoms with Crippen molar-refractivity contribution in [3.63, 3.8) is 0 Å². The molecule has 0 fully saturated rings. The highest BCUT2D eigenvalue weighted by molar-refractivity contribution is 6.29. The maximum atomic E-state index is 12.2. The Labute approximate surface area is 266 Å². The van der Waals surface area contributed by atoms with Gasteiger partial charge in [0.2, 0.25) is 0 Å². The first-order chi connectivity index (χ1) is 21.9. The third-order valence-corrected chi connectivity index (χ3v) is 8.66. The van der Waals surface area contributed by atoms with Crippen LogP contribution in [-0.2, 0) is 25.5 Å². The van der Waals surface area contributed by atoms with E-state index >= 15 is 0 Å². The minimum absolute atomic E-state index is 0.100. The van der Waals surface area contributed by atoms with Crippen LogP contribution in [0.3, 0.4) is 0 Å². The van der Waals surface area contributed by atoms with Crippen molar-refractivity contribution in [1.29, 1.82) is 0 Å². The molecule has 0 spiro atoms. The number of ether oxygens (including phenoxy) is 2. The lowest BCUT2D eigenvalue weighted by atomic mass is 9.95. The first kappa shape index (κ1) is 32.2. The first-order valence-corrected chi connectivity index (χ1v) is 14.9. The summed E-state index contributed by atoms with van der Waals surface area (Å²) in [7, 11) is 2.72. The number of hydrogen-bond donors (Lipinski definition) is 3. The summed E-state index contributed by atoms with van der Waals surface area (Å²) in [6.07, 6.45) is 10.6. The summed E-state index contributed by atoms with van der Waals surface area (Å²) < 4.78 is 9.83. The number of carbonyl (C=O) groups excluding carboxylic acids is 2. The number of nitrogens with one attached hydrogen (secondary N) is 1. The number of aromatic amines is 1. The molecule has 4 aliphatic heterocycles. The summed E-state index contributed by atoms with van der Waals surface area (Å²) >= 11 is 0. The molecule has 1 aromatic rings. The Balaban J connectivity index is 1.84. The number of nitrogens with zero attached hydrogens (tertiary/aromatic N) is 4. The highest BCUT2D eigenvalue weighted by atomic mass is 16.5. The van der Waals surface area contributed by atoms with Crippen LogP contribution in [0, 0.1) is 6.92 Å². The summed E-state index contributed by atoms with van der Waals surface area (Å²) in [5.74, 6) is -0.234. The molecule has 1 atom stereocenters. The SMILES string of the molecule is C=CC1=C(C)C2=NC1=NC1=NC(=C(C=CO)[C@@]1(C)O)C=c1[nH]c(c(CCC(=O)OC)c1C)=CC1=NC(=C2)C(C)=C1CCC(=O)OC. The Hall–Kier alpha value is -5.16. The van der Waals surface area contributed by atoms with Crippen LogP contribution in [0.2, 0.25) is 0 Å². The number of amidine groups is 2. The number of aliphatic hydroxyl groups is 2. The standard InChI is InChI=1S/C35H37N5O6/c1-8-21-18(2)27-15-25-19(3)22(9-11-31(42)45-6)28(36-25)17-29-23(10-12-32(43)46-7)20(4)26(37-29)16-30-24(13-14-41)35(5,44)34(39-30)40-33(21)38-27/h8,13-17,37,41,44H,1,9-12H2,2-7H3/t35-/m1/s1. The fourth-order valence-corrected chi connectivity index (χ4v) is 5.89.